The van der Waals surface area contributed by atoms with E-state index >= 15 is 0 Å². The molecule has 4 unspecified atom stereocenters. The van der Waals surface area contributed by atoms with Gasteiger partial charge in [-0.15, -0.1) is 0 Å². The molecule has 0 aromatic heterocycles. The molecule has 0 aliphatic heterocycles. The van der Waals surface area contributed by atoms with Crippen LogP contribution in [0, 0.1) is 11.8 Å². The van der Waals surface area contributed by atoms with Crippen LogP contribution in [0.4, 0.5) is 0 Å². The van der Waals surface area contributed by atoms with Crippen molar-refractivity contribution >= 4 is 0 Å². The van der Waals surface area contributed by atoms with Crippen LogP contribution in [0.5, 0.6) is 0 Å². The van der Waals surface area contributed by atoms with Gasteiger partial charge in [-0.1, -0.05) is 32.6 Å². The summed E-state index contributed by atoms with van der Waals surface area (Å²) in [6.07, 6.45) is 11.5. The maximum absolute atomic E-state index is 6.19. The molecule has 0 aromatic rings. The lowest BCUT2D eigenvalue weighted by molar-refractivity contribution is -0.0652. The predicted molar refractivity (Wildman–Crippen MR) is 70.1 cm³/mol. The van der Waals surface area contributed by atoms with Crippen molar-refractivity contribution in [2.24, 2.45) is 11.8 Å². The van der Waals surface area contributed by atoms with E-state index in [1.165, 1.54) is 51.4 Å². The van der Waals surface area contributed by atoms with E-state index in [2.05, 4.69) is 6.92 Å². The van der Waals surface area contributed by atoms with Crippen LogP contribution in [-0.2, 0) is 9.47 Å². The second-order valence-corrected chi connectivity index (χ2v) is 5.95. The molecule has 0 radical (unpaired) electrons. The summed E-state index contributed by atoms with van der Waals surface area (Å²) < 4.78 is 11.8. The molecule has 17 heavy (non-hydrogen) atoms. The van der Waals surface area contributed by atoms with Gasteiger partial charge < -0.3 is 9.47 Å². The Balaban J connectivity index is 1.75. The standard InChI is InChI=1S/C15H28O2/c1-12-7-3-5-9-14(12)17-11-13-8-4-6-10-15(13)16-2/h12-15H,3-11H2,1-2H3. The highest BCUT2D eigenvalue weighted by atomic mass is 16.5. The molecule has 0 spiro atoms. The van der Waals surface area contributed by atoms with Crippen LogP contribution >= 0.6 is 0 Å². The monoisotopic (exact) mass is 240 g/mol. The number of rotatable bonds is 4. The van der Waals surface area contributed by atoms with E-state index in [1.54, 1.807) is 0 Å². The molecule has 100 valence electrons. The molecule has 0 aromatic carbocycles. The molecule has 2 aliphatic rings. The Morgan fingerprint density at radius 1 is 0.882 bits per heavy atom. The third-order valence-electron chi connectivity index (χ3n) is 4.70. The van der Waals surface area contributed by atoms with Gasteiger partial charge in [0.2, 0.25) is 0 Å². The second-order valence-electron chi connectivity index (χ2n) is 5.95. The largest absolute Gasteiger partial charge is 0.381 e. The van der Waals surface area contributed by atoms with Crippen molar-refractivity contribution in [3.63, 3.8) is 0 Å². The first-order valence-corrected chi connectivity index (χ1v) is 7.45. The van der Waals surface area contributed by atoms with Crippen LogP contribution in [0.1, 0.15) is 58.3 Å². The first kappa shape index (κ1) is 13.4. The van der Waals surface area contributed by atoms with Crippen molar-refractivity contribution in [3.05, 3.63) is 0 Å². The van der Waals surface area contributed by atoms with E-state index < -0.39 is 0 Å². The molecule has 0 heterocycles. The molecule has 0 bridgehead atoms. The van der Waals surface area contributed by atoms with Gasteiger partial charge in [0.25, 0.3) is 0 Å². The predicted octanol–water partition coefficient (Wildman–Crippen LogP) is 3.79. The topological polar surface area (TPSA) is 18.5 Å². The summed E-state index contributed by atoms with van der Waals surface area (Å²) in [4.78, 5) is 0. The molecule has 0 saturated heterocycles. The van der Waals surface area contributed by atoms with Gasteiger partial charge in [0.05, 0.1) is 18.8 Å². The van der Waals surface area contributed by atoms with Crippen LogP contribution in [0.2, 0.25) is 0 Å². The Morgan fingerprint density at radius 2 is 1.53 bits per heavy atom. The van der Waals surface area contributed by atoms with Crippen LogP contribution in [-0.4, -0.2) is 25.9 Å². The van der Waals surface area contributed by atoms with Gasteiger partial charge in [-0.05, 0) is 31.6 Å². The molecule has 2 fully saturated rings. The molecular formula is C15H28O2. The van der Waals surface area contributed by atoms with Gasteiger partial charge in [-0.2, -0.15) is 0 Å². The minimum Gasteiger partial charge on any atom is -0.381 e. The summed E-state index contributed by atoms with van der Waals surface area (Å²) >= 11 is 0. The van der Waals surface area contributed by atoms with Gasteiger partial charge in [0.15, 0.2) is 0 Å². The smallest absolute Gasteiger partial charge is 0.0621 e. The van der Waals surface area contributed by atoms with Gasteiger partial charge in [0.1, 0.15) is 0 Å². The average Bonchev–Trinajstić information content (AvgIpc) is 2.38. The molecular weight excluding hydrogens is 212 g/mol. The maximum Gasteiger partial charge on any atom is 0.0621 e. The van der Waals surface area contributed by atoms with E-state index in [0.29, 0.717) is 18.1 Å². The van der Waals surface area contributed by atoms with Crippen LogP contribution in [0.25, 0.3) is 0 Å². The van der Waals surface area contributed by atoms with Crippen molar-refractivity contribution in [2.75, 3.05) is 13.7 Å². The number of hydrogen-bond acceptors (Lipinski definition) is 2. The maximum atomic E-state index is 6.19. The second kappa shape index (κ2) is 6.75. The van der Waals surface area contributed by atoms with E-state index in [4.69, 9.17) is 9.47 Å². The fourth-order valence-corrected chi connectivity index (χ4v) is 3.45. The highest BCUT2D eigenvalue weighted by Crippen LogP contribution is 2.30. The Bertz CT molecular complexity index is 217. The zero-order valence-electron chi connectivity index (χ0n) is 11.5. The summed E-state index contributed by atoms with van der Waals surface area (Å²) in [6, 6.07) is 0. The van der Waals surface area contributed by atoms with E-state index in [1.807, 2.05) is 7.11 Å². The first-order chi connectivity index (χ1) is 8.31. The van der Waals surface area contributed by atoms with Gasteiger partial charge in [-0.25, -0.2) is 0 Å². The molecule has 4 atom stereocenters. The molecule has 2 heteroatoms. The normalized spacial score (nSPS) is 39.2. The SMILES string of the molecule is COC1CCCCC1COC1CCCCC1C. The summed E-state index contributed by atoms with van der Waals surface area (Å²) in [6.45, 7) is 3.27. The van der Waals surface area contributed by atoms with Gasteiger partial charge >= 0.3 is 0 Å². The zero-order chi connectivity index (χ0) is 12.1. The Hall–Kier alpha value is -0.0800. The number of hydrogen-bond donors (Lipinski definition) is 0. The molecule has 2 nitrogen and oxygen atoms in total. The van der Waals surface area contributed by atoms with Crippen molar-refractivity contribution in [1.29, 1.82) is 0 Å². The fraction of sp³-hybridized carbons (Fsp3) is 1.00. The lowest BCUT2D eigenvalue weighted by Crippen LogP contribution is -2.34. The minimum absolute atomic E-state index is 0.447. The van der Waals surface area contributed by atoms with Gasteiger partial charge in [0, 0.05) is 13.0 Å². The first-order valence-electron chi connectivity index (χ1n) is 7.45. The summed E-state index contributed by atoms with van der Waals surface area (Å²) in [5.74, 6) is 1.40. The molecule has 2 saturated carbocycles. The number of methoxy groups -OCH3 is 1. The summed E-state index contributed by atoms with van der Waals surface area (Å²) in [5.41, 5.74) is 0. The van der Waals surface area contributed by atoms with E-state index in [9.17, 15) is 0 Å². The van der Waals surface area contributed by atoms with Gasteiger partial charge in [-0.3, -0.25) is 0 Å². The van der Waals surface area contributed by atoms with Crippen molar-refractivity contribution in [2.45, 2.75) is 70.5 Å². The zero-order valence-corrected chi connectivity index (χ0v) is 11.5. The van der Waals surface area contributed by atoms with E-state index in [0.717, 1.165) is 12.5 Å². The average molecular weight is 240 g/mol. The third-order valence-corrected chi connectivity index (χ3v) is 4.70. The molecule has 2 rings (SSSR count). The summed E-state index contributed by atoms with van der Waals surface area (Å²) in [7, 11) is 1.85. The Morgan fingerprint density at radius 3 is 2.24 bits per heavy atom. The highest BCUT2D eigenvalue weighted by Gasteiger charge is 2.28. The van der Waals surface area contributed by atoms with Crippen LogP contribution < -0.4 is 0 Å². The molecule has 0 amide bonds. The molecule has 0 N–H and O–H groups in total. The molecule has 2 aliphatic carbocycles. The lowest BCUT2D eigenvalue weighted by atomic mass is 9.86. The van der Waals surface area contributed by atoms with Crippen molar-refractivity contribution in [1.82, 2.24) is 0 Å². The summed E-state index contributed by atoms with van der Waals surface area (Å²) in [5, 5.41) is 0. The number of ether oxygens (including phenoxy) is 2. The van der Waals surface area contributed by atoms with Crippen molar-refractivity contribution < 1.29 is 9.47 Å². The van der Waals surface area contributed by atoms with Crippen LogP contribution in [0.3, 0.4) is 0 Å². The van der Waals surface area contributed by atoms with E-state index in [-0.39, 0.29) is 0 Å². The third kappa shape index (κ3) is 3.69. The minimum atomic E-state index is 0.447. The fourth-order valence-electron chi connectivity index (χ4n) is 3.45. The Labute approximate surface area is 106 Å². The highest BCUT2D eigenvalue weighted by molar-refractivity contribution is 4.78. The quantitative estimate of drug-likeness (QED) is 0.744. The lowest BCUT2D eigenvalue weighted by Gasteiger charge is -2.34. The van der Waals surface area contributed by atoms with Crippen LogP contribution in [0.15, 0.2) is 0 Å². The Kier molecular flexibility index (Phi) is 5.30. The van der Waals surface area contributed by atoms with Crippen molar-refractivity contribution in [3.8, 4) is 0 Å².